The maximum Gasteiger partial charge on any atom is 0.310 e. The fraction of sp³-hybridized carbons (Fsp3) is 0.214. The van der Waals surface area contributed by atoms with E-state index in [-0.39, 0.29) is 45.4 Å². The van der Waals surface area contributed by atoms with Gasteiger partial charge in [-0.25, -0.2) is 0 Å². The third-order valence-electron chi connectivity index (χ3n) is 5.85. The summed E-state index contributed by atoms with van der Waals surface area (Å²) in [4.78, 5) is 44.1. The van der Waals surface area contributed by atoms with Crippen molar-refractivity contribution in [3.8, 4) is 5.75 Å². The van der Waals surface area contributed by atoms with Crippen LogP contribution in [-0.4, -0.2) is 41.0 Å². The molecule has 1 aliphatic rings. The van der Waals surface area contributed by atoms with Gasteiger partial charge in [0.1, 0.15) is 5.76 Å². The molecule has 3 aromatic rings. The van der Waals surface area contributed by atoms with Gasteiger partial charge in [0, 0.05) is 23.6 Å². The molecule has 10 heteroatoms. The monoisotopic (exact) mass is 554 g/mol. The van der Waals surface area contributed by atoms with Crippen LogP contribution in [0.3, 0.4) is 0 Å². The summed E-state index contributed by atoms with van der Waals surface area (Å²) >= 11 is 12.5. The summed E-state index contributed by atoms with van der Waals surface area (Å²) in [6.07, 6.45) is 2.90. The molecule has 4 rings (SSSR count). The number of amides is 1. The SMILES string of the molecule is COc1c(Cl)cc(/C(O)=C2\C(=O)C(=O)N(c3ccc(CC(=O)OC(C)C)cc3)C2c2cccnc2)cc1Cl. The molecule has 0 saturated carbocycles. The zero-order chi connectivity index (χ0) is 27.6. The summed E-state index contributed by atoms with van der Waals surface area (Å²) in [5.74, 6) is -2.33. The lowest BCUT2D eigenvalue weighted by Gasteiger charge is -2.25. The highest BCUT2D eigenvalue weighted by Gasteiger charge is 2.47. The molecular weight excluding hydrogens is 531 g/mol. The minimum atomic E-state index is -0.986. The Bertz CT molecular complexity index is 1400. The Balaban J connectivity index is 1.80. The minimum absolute atomic E-state index is 0.0578. The van der Waals surface area contributed by atoms with Crippen LogP contribution in [0.1, 0.15) is 36.6 Å². The van der Waals surface area contributed by atoms with Gasteiger partial charge in [-0.05, 0) is 55.3 Å². The number of carbonyl (C=O) groups excluding carboxylic acids is 3. The maximum atomic E-state index is 13.3. The first-order valence-corrected chi connectivity index (χ1v) is 12.4. The van der Waals surface area contributed by atoms with E-state index < -0.39 is 23.5 Å². The number of aromatic nitrogens is 1. The molecule has 1 amide bonds. The van der Waals surface area contributed by atoms with Gasteiger partial charge in [-0.3, -0.25) is 24.3 Å². The fourth-order valence-electron chi connectivity index (χ4n) is 4.24. The summed E-state index contributed by atoms with van der Waals surface area (Å²) in [5.41, 5.74) is 1.57. The van der Waals surface area contributed by atoms with Gasteiger partial charge in [-0.2, -0.15) is 0 Å². The molecule has 1 saturated heterocycles. The summed E-state index contributed by atoms with van der Waals surface area (Å²) in [7, 11) is 1.40. The van der Waals surface area contributed by atoms with E-state index >= 15 is 0 Å². The van der Waals surface area contributed by atoms with Crippen molar-refractivity contribution in [3.63, 3.8) is 0 Å². The van der Waals surface area contributed by atoms with Crippen LogP contribution >= 0.6 is 23.2 Å². The summed E-state index contributed by atoms with van der Waals surface area (Å²) < 4.78 is 10.4. The smallest absolute Gasteiger partial charge is 0.310 e. The Morgan fingerprint density at radius 1 is 1.11 bits per heavy atom. The Morgan fingerprint density at radius 3 is 2.32 bits per heavy atom. The molecule has 1 aliphatic heterocycles. The predicted octanol–water partition coefficient (Wildman–Crippen LogP) is 5.52. The average Bonchev–Trinajstić information content (AvgIpc) is 3.14. The van der Waals surface area contributed by atoms with Gasteiger partial charge in [0.25, 0.3) is 11.7 Å². The second kappa shape index (κ2) is 11.2. The van der Waals surface area contributed by atoms with Crippen molar-refractivity contribution >= 4 is 52.3 Å². The number of carbonyl (C=O) groups is 3. The van der Waals surface area contributed by atoms with Crippen molar-refractivity contribution in [1.82, 2.24) is 4.98 Å². The quantitative estimate of drug-likeness (QED) is 0.177. The van der Waals surface area contributed by atoms with Gasteiger partial charge in [0.15, 0.2) is 5.75 Å². The maximum absolute atomic E-state index is 13.3. The third-order valence-corrected chi connectivity index (χ3v) is 6.41. The van der Waals surface area contributed by atoms with E-state index in [1.54, 1.807) is 56.4 Å². The van der Waals surface area contributed by atoms with Gasteiger partial charge >= 0.3 is 5.97 Å². The number of ketones is 1. The van der Waals surface area contributed by atoms with Crippen LogP contribution in [0.25, 0.3) is 5.76 Å². The van der Waals surface area contributed by atoms with E-state index in [0.29, 0.717) is 16.8 Å². The number of anilines is 1. The molecule has 1 N–H and O–H groups in total. The van der Waals surface area contributed by atoms with Gasteiger partial charge in [-0.15, -0.1) is 0 Å². The van der Waals surface area contributed by atoms with E-state index in [1.807, 2.05) is 0 Å². The lowest BCUT2D eigenvalue weighted by atomic mass is 9.96. The second-order valence-electron chi connectivity index (χ2n) is 8.81. The summed E-state index contributed by atoms with van der Waals surface area (Å²) in [6.45, 7) is 3.54. The highest BCUT2D eigenvalue weighted by Crippen LogP contribution is 2.43. The summed E-state index contributed by atoms with van der Waals surface area (Å²) in [6, 6.07) is 11.8. The van der Waals surface area contributed by atoms with E-state index in [4.69, 9.17) is 32.7 Å². The molecule has 0 bridgehead atoms. The number of aliphatic hydroxyl groups is 1. The topological polar surface area (TPSA) is 106 Å². The van der Waals surface area contributed by atoms with E-state index in [1.165, 1.54) is 30.3 Å². The third kappa shape index (κ3) is 5.37. The first-order chi connectivity index (χ1) is 18.1. The molecule has 196 valence electrons. The number of pyridine rings is 1. The van der Waals surface area contributed by atoms with Gasteiger partial charge in [0.05, 0.1) is 41.3 Å². The van der Waals surface area contributed by atoms with Crippen molar-refractivity contribution < 1.29 is 29.0 Å². The molecule has 0 spiro atoms. The number of hydrogen-bond donors (Lipinski definition) is 1. The van der Waals surface area contributed by atoms with Crippen molar-refractivity contribution in [2.75, 3.05) is 12.0 Å². The zero-order valence-electron chi connectivity index (χ0n) is 20.8. The second-order valence-corrected chi connectivity index (χ2v) is 9.62. The number of ether oxygens (including phenoxy) is 2. The number of esters is 1. The van der Waals surface area contributed by atoms with Crippen LogP contribution in [0.15, 0.2) is 66.5 Å². The predicted molar refractivity (Wildman–Crippen MR) is 143 cm³/mol. The van der Waals surface area contributed by atoms with Crippen molar-refractivity contribution in [3.05, 3.63) is 93.2 Å². The minimum Gasteiger partial charge on any atom is -0.507 e. The number of Topliss-reactive ketones (excluding diaryl/α,β-unsaturated/α-hetero) is 1. The van der Waals surface area contributed by atoms with Gasteiger partial charge < -0.3 is 14.6 Å². The number of methoxy groups -OCH3 is 1. The Hall–Kier alpha value is -3.88. The number of halogens is 2. The highest BCUT2D eigenvalue weighted by atomic mass is 35.5. The molecule has 0 aliphatic carbocycles. The molecule has 8 nitrogen and oxygen atoms in total. The number of hydrogen-bond acceptors (Lipinski definition) is 7. The van der Waals surface area contributed by atoms with Crippen LogP contribution < -0.4 is 9.64 Å². The van der Waals surface area contributed by atoms with Gasteiger partial charge in [0.2, 0.25) is 0 Å². The largest absolute Gasteiger partial charge is 0.507 e. The Kier molecular flexibility index (Phi) is 8.04. The van der Waals surface area contributed by atoms with E-state index in [2.05, 4.69) is 4.98 Å². The number of aliphatic hydroxyl groups excluding tert-OH is 1. The van der Waals surface area contributed by atoms with E-state index in [0.717, 1.165) is 0 Å². The number of nitrogens with zero attached hydrogens (tertiary/aromatic N) is 2. The molecule has 1 atom stereocenters. The Morgan fingerprint density at radius 2 is 1.76 bits per heavy atom. The molecule has 1 aromatic heterocycles. The molecule has 0 radical (unpaired) electrons. The average molecular weight is 555 g/mol. The van der Waals surface area contributed by atoms with Crippen LogP contribution in [0.5, 0.6) is 5.75 Å². The highest BCUT2D eigenvalue weighted by molar-refractivity contribution is 6.51. The standard InChI is InChI=1S/C28H24Cl2N2O6/c1-15(2)38-22(33)11-16-6-8-19(9-7-16)32-24(17-5-4-10-31-14-17)23(26(35)28(32)36)25(34)18-12-20(29)27(37-3)21(30)13-18/h4-10,12-15,24,34H,11H2,1-3H3/b25-23+. The molecule has 38 heavy (non-hydrogen) atoms. The van der Waals surface area contributed by atoms with Crippen LogP contribution in [-0.2, 0) is 25.5 Å². The molecule has 1 fully saturated rings. The molecule has 2 heterocycles. The lowest BCUT2D eigenvalue weighted by Crippen LogP contribution is -2.29. The summed E-state index contributed by atoms with van der Waals surface area (Å²) in [5, 5.41) is 11.5. The molecule has 1 unspecified atom stereocenters. The zero-order valence-corrected chi connectivity index (χ0v) is 22.3. The Labute approximate surface area is 229 Å². The van der Waals surface area contributed by atoms with E-state index in [9.17, 15) is 19.5 Å². The number of rotatable bonds is 7. The van der Waals surface area contributed by atoms with Crippen molar-refractivity contribution in [2.24, 2.45) is 0 Å². The van der Waals surface area contributed by atoms with Crippen LogP contribution in [0, 0.1) is 0 Å². The lowest BCUT2D eigenvalue weighted by molar-refractivity contribution is -0.146. The molecular formula is C28H24Cl2N2O6. The first kappa shape index (κ1) is 27.2. The fourth-order valence-corrected chi connectivity index (χ4v) is 4.89. The van der Waals surface area contributed by atoms with Crippen LogP contribution in [0.2, 0.25) is 10.0 Å². The van der Waals surface area contributed by atoms with Crippen molar-refractivity contribution in [2.45, 2.75) is 32.4 Å². The first-order valence-electron chi connectivity index (χ1n) is 11.6. The van der Waals surface area contributed by atoms with Crippen molar-refractivity contribution in [1.29, 1.82) is 0 Å². The molecule has 2 aromatic carbocycles. The number of benzene rings is 2. The normalized spacial score (nSPS) is 16.7. The van der Waals surface area contributed by atoms with Crippen LogP contribution in [0.4, 0.5) is 5.69 Å². The van der Waals surface area contributed by atoms with Gasteiger partial charge in [-0.1, -0.05) is 41.4 Å².